The molecule has 0 saturated heterocycles. The Morgan fingerprint density at radius 1 is 1.31 bits per heavy atom. The summed E-state index contributed by atoms with van der Waals surface area (Å²) in [5, 5.41) is 8.44. The van der Waals surface area contributed by atoms with Gasteiger partial charge in [-0.25, -0.2) is 4.68 Å². The molecule has 0 saturated carbocycles. The van der Waals surface area contributed by atoms with Gasteiger partial charge in [0.05, 0.1) is 19.3 Å². The van der Waals surface area contributed by atoms with Gasteiger partial charge in [0.2, 0.25) is 0 Å². The van der Waals surface area contributed by atoms with Crippen LogP contribution in [0.2, 0.25) is 5.15 Å². The Morgan fingerprint density at radius 2 is 2.00 bits per heavy atom. The summed E-state index contributed by atoms with van der Waals surface area (Å²) in [5.41, 5.74) is 1.85. The van der Waals surface area contributed by atoms with Gasteiger partial charge in [-0.2, -0.15) is 0 Å². The second kappa shape index (κ2) is 4.53. The number of aryl methyl sites for hydroxylation is 1. The average molecular weight is 238 g/mol. The van der Waals surface area contributed by atoms with Crippen LogP contribution in [-0.2, 0) is 6.54 Å². The zero-order valence-corrected chi connectivity index (χ0v) is 9.90. The van der Waals surface area contributed by atoms with Crippen LogP contribution < -0.4 is 4.74 Å². The van der Waals surface area contributed by atoms with Crippen molar-refractivity contribution in [1.29, 1.82) is 0 Å². The zero-order valence-electron chi connectivity index (χ0n) is 9.14. The van der Waals surface area contributed by atoms with Gasteiger partial charge in [-0.1, -0.05) is 28.9 Å². The molecule has 16 heavy (non-hydrogen) atoms. The fourth-order valence-corrected chi connectivity index (χ4v) is 1.52. The molecule has 5 heteroatoms. The normalized spacial score (nSPS) is 10.4. The van der Waals surface area contributed by atoms with Crippen LogP contribution >= 0.6 is 11.6 Å². The molecule has 0 atom stereocenters. The van der Waals surface area contributed by atoms with E-state index in [0.717, 1.165) is 17.0 Å². The first kappa shape index (κ1) is 11.0. The number of nitrogens with zero attached hydrogens (tertiary/aromatic N) is 3. The molecule has 1 heterocycles. The lowest BCUT2D eigenvalue weighted by Crippen LogP contribution is -2.02. The van der Waals surface area contributed by atoms with Crippen molar-refractivity contribution < 1.29 is 4.74 Å². The second-order valence-corrected chi connectivity index (χ2v) is 3.83. The molecule has 1 aromatic carbocycles. The number of halogens is 1. The maximum absolute atomic E-state index is 6.03. The highest BCUT2D eigenvalue weighted by molar-refractivity contribution is 6.30. The van der Waals surface area contributed by atoms with E-state index in [1.165, 1.54) is 0 Å². The third-order valence-corrected chi connectivity index (χ3v) is 2.79. The van der Waals surface area contributed by atoms with Crippen molar-refractivity contribution in [2.75, 3.05) is 7.11 Å². The molecule has 0 spiro atoms. The summed E-state index contributed by atoms with van der Waals surface area (Å²) in [7, 11) is 1.65. The molecule has 0 aliphatic rings. The molecular weight excluding hydrogens is 226 g/mol. The van der Waals surface area contributed by atoms with Crippen molar-refractivity contribution in [1.82, 2.24) is 15.0 Å². The van der Waals surface area contributed by atoms with Crippen molar-refractivity contribution in [2.24, 2.45) is 0 Å². The van der Waals surface area contributed by atoms with Gasteiger partial charge in [-0.05, 0) is 24.6 Å². The van der Waals surface area contributed by atoms with E-state index < -0.39 is 0 Å². The van der Waals surface area contributed by atoms with Crippen LogP contribution in [0.3, 0.4) is 0 Å². The predicted molar refractivity (Wildman–Crippen MR) is 61.9 cm³/mol. The minimum atomic E-state index is 0.579. The molecule has 0 aliphatic heterocycles. The third kappa shape index (κ3) is 2.17. The second-order valence-electron chi connectivity index (χ2n) is 3.47. The zero-order chi connectivity index (χ0) is 11.5. The smallest absolute Gasteiger partial charge is 0.150 e. The van der Waals surface area contributed by atoms with E-state index in [1.807, 2.05) is 31.2 Å². The molecule has 0 N–H and O–H groups in total. The molecule has 1 aromatic heterocycles. The third-order valence-electron chi connectivity index (χ3n) is 2.32. The summed E-state index contributed by atoms with van der Waals surface area (Å²) in [5.74, 6) is 0.838. The molecular formula is C11H12ClN3O. The van der Waals surface area contributed by atoms with Crippen LogP contribution in [0.25, 0.3) is 0 Å². The molecule has 2 aromatic rings. The maximum atomic E-state index is 6.03. The Balaban J connectivity index is 2.17. The largest absolute Gasteiger partial charge is 0.497 e. The number of rotatable bonds is 3. The highest BCUT2D eigenvalue weighted by Crippen LogP contribution is 2.15. The summed E-state index contributed by atoms with van der Waals surface area (Å²) < 4.78 is 6.75. The Hall–Kier alpha value is -1.55. The van der Waals surface area contributed by atoms with Crippen molar-refractivity contribution in [2.45, 2.75) is 13.5 Å². The quantitative estimate of drug-likeness (QED) is 0.823. The van der Waals surface area contributed by atoms with Crippen molar-refractivity contribution in [3.63, 3.8) is 0 Å². The van der Waals surface area contributed by atoms with Crippen molar-refractivity contribution >= 4 is 11.6 Å². The van der Waals surface area contributed by atoms with Gasteiger partial charge < -0.3 is 4.74 Å². The summed E-state index contributed by atoms with van der Waals surface area (Å²) >= 11 is 6.03. The molecule has 0 amide bonds. The Morgan fingerprint density at radius 3 is 2.50 bits per heavy atom. The number of ether oxygens (including phenoxy) is 1. The summed E-state index contributed by atoms with van der Waals surface area (Å²) in [6.45, 7) is 2.45. The topological polar surface area (TPSA) is 39.9 Å². The lowest BCUT2D eigenvalue weighted by atomic mass is 10.2. The monoisotopic (exact) mass is 237 g/mol. The fraction of sp³-hybridized carbons (Fsp3) is 0.273. The average Bonchev–Trinajstić information content (AvgIpc) is 2.62. The lowest BCUT2D eigenvalue weighted by Gasteiger charge is -2.04. The van der Waals surface area contributed by atoms with E-state index in [2.05, 4.69) is 10.3 Å². The van der Waals surface area contributed by atoms with E-state index >= 15 is 0 Å². The van der Waals surface area contributed by atoms with Crippen LogP contribution in [-0.4, -0.2) is 22.1 Å². The highest BCUT2D eigenvalue weighted by atomic mass is 35.5. The van der Waals surface area contributed by atoms with Gasteiger partial charge in [0.15, 0.2) is 5.15 Å². The van der Waals surface area contributed by atoms with Gasteiger partial charge in [-0.3, -0.25) is 0 Å². The number of hydrogen-bond donors (Lipinski definition) is 0. The lowest BCUT2D eigenvalue weighted by molar-refractivity contribution is 0.414. The van der Waals surface area contributed by atoms with Gasteiger partial charge in [-0.15, -0.1) is 5.10 Å². The van der Waals surface area contributed by atoms with Gasteiger partial charge in [0, 0.05) is 0 Å². The van der Waals surface area contributed by atoms with Gasteiger partial charge >= 0.3 is 0 Å². The SMILES string of the molecule is COc1ccc(Cn2nnc(C)c2Cl)cc1. The van der Waals surface area contributed by atoms with E-state index in [-0.39, 0.29) is 0 Å². The Labute approximate surface area is 98.8 Å². The first-order valence-corrected chi connectivity index (χ1v) is 5.27. The van der Waals surface area contributed by atoms with Crippen LogP contribution in [0.15, 0.2) is 24.3 Å². The molecule has 0 aliphatic carbocycles. The minimum Gasteiger partial charge on any atom is -0.497 e. The van der Waals surface area contributed by atoms with Crippen LogP contribution in [0.1, 0.15) is 11.3 Å². The minimum absolute atomic E-state index is 0.579. The van der Waals surface area contributed by atoms with Crippen molar-refractivity contribution in [3.05, 3.63) is 40.7 Å². The number of aromatic nitrogens is 3. The molecule has 0 fully saturated rings. The molecule has 0 radical (unpaired) electrons. The molecule has 0 bridgehead atoms. The standard InChI is InChI=1S/C11H12ClN3O/c1-8-11(12)15(14-13-8)7-9-3-5-10(16-2)6-4-9/h3-6H,7H2,1-2H3. The van der Waals surface area contributed by atoms with Crippen LogP contribution in [0.5, 0.6) is 5.75 Å². The fourth-order valence-electron chi connectivity index (χ4n) is 1.39. The first-order valence-electron chi connectivity index (χ1n) is 4.89. The van der Waals surface area contributed by atoms with Crippen LogP contribution in [0.4, 0.5) is 0 Å². The van der Waals surface area contributed by atoms with E-state index in [9.17, 15) is 0 Å². The van der Waals surface area contributed by atoms with Gasteiger partial charge in [0.1, 0.15) is 5.75 Å². The molecule has 4 nitrogen and oxygen atoms in total. The van der Waals surface area contributed by atoms with Crippen LogP contribution in [0, 0.1) is 6.92 Å². The van der Waals surface area contributed by atoms with E-state index in [1.54, 1.807) is 11.8 Å². The van der Waals surface area contributed by atoms with E-state index in [0.29, 0.717) is 11.7 Å². The molecule has 0 unspecified atom stereocenters. The first-order chi connectivity index (χ1) is 7.70. The Kier molecular flexibility index (Phi) is 3.10. The Bertz CT molecular complexity index is 478. The molecule has 2 rings (SSSR count). The predicted octanol–water partition coefficient (Wildman–Crippen LogP) is 2.30. The molecule has 84 valence electrons. The van der Waals surface area contributed by atoms with Gasteiger partial charge in [0.25, 0.3) is 0 Å². The van der Waals surface area contributed by atoms with E-state index in [4.69, 9.17) is 16.3 Å². The number of hydrogen-bond acceptors (Lipinski definition) is 3. The summed E-state index contributed by atoms with van der Waals surface area (Å²) in [6, 6.07) is 7.78. The highest BCUT2D eigenvalue weighted by Gasteiger charge is 2.06. The number of methoxy groups -OCH3 is 1. The number of benzene rings is 1. The van der Waals surface area contributed by atoms with Crippen molar-refractivity contribution in [3.8, 4) is 5.75 Å². The summed E-state index contributed by atoms with van der Waals surface area (Å²) in [4.78, 5) is 0. The summed E-state index contributed by atoms with van der Waals surface area (Å²) in [6.07, 6.45) is 0. The maximum Gasteiger partial charge on any atom is 0.150 e.